The molecule has 27 heavy (non-hydrogen) atoms. The second kappa shape index (κ2) is 8.05. The average Bonchev–Trinajstić information content (AvgIpc) is 2.72. The van der Waals surface area contributed by atoms with E-state index in [1.54, 1.807) is 48.5 Å². The van der Waals surface area contributed by atoms with E-state index in [0.717, 1.165) is 0 Å². The highest BCUT2D eigenvalue weighted by atomic mass is 16.6. The summed E-state index contributed by atoms with van der Waals surface area (Å²) >= 11 is 0. The van der Waals surface area contributed by atoms with Crippen molar-refractivity contribution in [2.75, 3.05) is 11.9 Å². The Labute approximate surface area is 155 Å². The normalized spacial score (nSPS) is 10.2. The number of Topliss-reactive ketones (excluding diaryl/α,β-unsaturated/α-hetero) is 1. The highest BCUT2D eigenvalue weighted by Crippen LogP contribution is 2.16. The van der Waals surface area contributed by atoms with Gasteiger partial charge in [-0.25, -0.2) is 0 Å². The van der Waals surface area contributed by atoms with Crippen LogP contribution in [0.15, 0.2) is 78.9 Å². The highest BCUT2D eigenvalue weighted by Gasteiger charge is 2.11. The minimum absolute atomic E-state index is 0.0147. The topological polar surface area (TPSA) is 89.3 Å². The summed E-state index contributed by atoms with van der Waals surface area (Å²) in [5.74, 6) is -0.300. The SMILES string of the molecule is O=C(CNc1cccc(C(=O)c2ccccc2)c1)c1ccc([N+](=O)[O-])cc1. The largest absolute Gasteiger partial charge is 0.378 e. The molecule has 0 bridgehead atoms. The number of non-ortho nitro benzene ring substituents is 1. The fourth-order valence-electron chi connectivity index (χ4n) is 2.58. The highest BCUT2D eigenvalue weighted by molar-refractivity contribution is 6.09. The third-order valence-electron chi connectivity index (χ3n) is 4.01. The third-order valence-corrected chi connectivity index (χ3v) is 4.01. The first-order valence-electron chi connectivity index (χ1n) is 8.26. The second-order valence-corrected chi connectivity index (χ2v) is 5.86. The van der Waals surface area contributed by atoms with Gasteiger partial charge in [0.25, 0.3) is 5.69 Å². The molecule has 3 aromatic rings. The Morgan fingerprint density at radius 3 is 2.15 bits per heavy atom. The summed E-state index contributed by atoms with van der Waals surface area (Å²) < 4.78 is 0. The van der Waals surface area contributed by atoms with E-state index in [4.69, 9.17) is 0 Å². The lowest BCUT2D eigenvalue weighted by atomic mass is 10.0. The summed E-state index contributed by atoms with van der Waals surface area (Å²) in [6.45, 7) is 0.0147. The zero-order chi connectivity index (χ0) is 19.2. The molecule has 0 aliphatic heterocycles. The third kappa shape index (κ3) is 4.43. The van der Waals surface area contributed by atoms with Crippen LogP contribution in [0.3, 0.4) is 0 Å². The van der Waals surface area contributed by atoms with Gasteiger partial charge in [-0.1, -0.05) is 42.5 Å². The molecule has 1 N–H and O–H groups in total. The van der Waals surface area contributed by atoms with Crippen molar-refractivity contribution < 1.29 is 14.5 Å². The number of nitrogens with zero attached hydrogens (tertiary/aromatic N) is 1. The van der Waals surface area contributed by atoms with Gasteiger partial charge < -0.3 is 5.32 Å². The number of nitro groups is 1. The Hall–Kier alpha value is -3.80. The molecule has 0 aliphatic carbocycles. The van der Waals surface area contributed by atoms with E-state index in [2.05, 4.69) is 5.32 Å². The van der Waals surface area contributed by atoms with Gasteiger partial charge >= 0.3 is 0 Å². The molecular weight excluding hydrogens is 344 g/mol. The molecule has 0 fully saturated rings. The maximum atomic E-state index is 12.5. The first-order chi connectivity index (χ1) is 13.0. The minimum atomic E-state index is -0.512. The van der Waals surface area contributed by atoms with E-state index in [1.807, 2.05) is 6.07 Å². The lowest BCUT2D eigenvalue weighted by molar-refractivity contribution is -0.384. The van der Waals surface area contributed by atoms with Crippen LogP contribution >= 0.6 is 0 Å². The molecule has 6 nitrogen and oxygen atoms in total. The van der Waals surface area contributed by atoms with Gasteiger partial charge in [0.15, 0.2) is 11.6 Å². The van der Waals surface area contributed by atoms with Gasteiger partial charge in [0.05, 0.1) is 11.5 Å². The Bertz CT molecular complexity index is 983. The summed E-state index contributed by atoms with van der Waals surface area (Å²) in [5, 5.41) is 13.7. The number of rotatable bonds is 7. The lowest BCUT2D eigenvalue weighted by Crippen LogP contribution is -2.14. The van der Waals surface area contributed by atoms with Crippen LogP contribution in [0.2, 0.25) is 0 Å². The number of carbonyl (C=O) groups is 2. The molecule has 0 aliphatic rings. The number of hydrogen-bond acceptors (Lipinski definition) is 5. The maximum absolute atomic E-state index is 12.5. The van der Waals surface area contributed by atoms with E-state index in [9.17, 15) is 19.7 Å². The predicted molar refractivity (Wildman–Crippen MR) is 102 cm³/mol. The van der Waals surface area contributed by atoms with Crippen LogP contribution in [0.4, 0.5) is 11.4 Å². The van der Waals surface area contributed by atoms with Gasteiger partial charge in [0.1, 0.15) is 0 Å². The quantitative estimate of drug-likeness (QED) is 0.389. The molecule has 6 heteroatoms. The summed E-state index contributed by atoms with van der Waals surface area (Å²) in [4.78, 5) is 34.9. The molecule has 134 valence electrons. The number of ketones is 2. The van der Waals surface area contributed by atoms with Crippen molar-refractivity contribution in [3.05, 3.63) is 106 Å². The zero-order valence-corrected chi connectivity index (χ0v) is 14.3. The van der Waals surface area contributed by atoms with Crippen LogP contribution in [0.25, 0.3) is 0 Å². The van der Waals surface area contributed by atoms with Crippen molar-refractivity contribution in [3.63, 3.8) is 0 Å². The Morgan fingerprint density at radius 2 is 1.48 bits per heavy atom. The second-order valence-electron chi connectivity index (χ2n) is 5.86. The average molecular weight is 360 g/mol. The van der Waals surface area contributed by atoms with Gasteiger partial charge in [0.2, 0.25) is 0 Å². The predicted octanol–water partition coefficient (Wildman–Crippen LogP) is 4.12. The summed E-state index contributed by atoms with van der Waals surface area (Å²) in [6, 6.07) is 21.3. The van der Waals surface area contributed by atoms with E-state index < -0.39 is 4.92 Å². The number of hydrogen-bond donors (Lipinski definition) is 1. The van der Waals surface area contributed by atoms with Gasteiger partial charge in [-0.15, -0.1) is 0 Å². The van der Waals surface area contributed by atoms with Crippen molar-refractivity contribution in [1.29, 1.82) is 0 Å². The van der Waals surface area contributed by atoms with Gasteiger partial charge in [0, 0.05) is 34.5 Å². The smallest absolute Gasteiger partial charge is 0.269 e. The van der Waals surface area contributed by atoms with Gasteiger partial charge in [-0.05, 0) is 24.3 Å². The molecule has 3 aromatic carbocycles. The first-order valence-corrected chi connectivity index (χ1v) is 8.26. The fourth-order valence-corrected chi connectivity index (χ4v) is 2.58. The summed E-state index contributed by atoms with van der Waals surface area (Å²) in [7, 11) is 0. The van der Waals surface area contributed by atoms with Crippen LogP contribution in [-0.2, 0) is 0 Å². The summed E-state index contributed by atoms with van der Waals surface area (Å²) in [5.41, 5.74) is 2.08. The van der Waals surface area contributed by atoms with Crippen molar-refractivity contribution in [3.8, 4) is 0 Å². The van der Waals surface area contributed by atoms with Crippen LogP contribution in [0, 0.1) is 10.1 Å². The van der Waals surface area contributed by atoms with Crippen molar-refractivity contribution in [1.82, 2.24) is 0 Å². The van der Waals surface area contributed by atoms with Gasteiger partial charge in [-0.3, -0.25) is 19.7 Å². The van der Waals surface area contributed by atoms with E-state index in [0.29, 0.717) is 22.4 Å². The molecule has 0 aromatic heterocycles. The Morgan fingerprint density at radius 1 is 0.815 bits per heavy atom. The fraction of sp³-hybridized carbons (Fsp3) is 0.0476. The number of carbonyl (C=O) groups excluding carboxylic acids is 2. The molecule has 0 amide bonds. The molecule has 3 rings (SSSR count). The molecule has 0 saturated heterocycles. The Balaban J connectivity index is 1.67. The van der Waals surface area contributed by atoms with Crippen LogP contribution in [0.1, 0.15) is 26.3 Å². The zero-order valence-electron chi connectivity index (χ0n) is 14.3. The Kier molecular flexibility index (Phi) is 5.37. The molecular formula is C21H16N2O4. The van der Waals surface area contributed by atoms with Crippen molar-refractivity contribution in [2.45, 2.75) is 0 Å². The van der Waals surface area contributed by atoms with Crippen molar-refractivity contribution >= 4 is 22.9 Å². The molecule has 0 unspecified atom stereocenters. The van der Waals surface area contributed by atoms with E-state index in [1.165, 1.54) is 24.3 Å². The number of nitro benzene ring substituents is 1. The molecule has 0 heterocycles. The number of nitrogens with one attached hydrogen (secondary N) is 1. The van der Waals surface area contributed by atoms with E-state index >= 15 is 0 Å². The van der Waals surface area contributed by atoms with Gasteiger partial charge in [-0.2, -0.15) is 0 Å². The minimum Gasteiger partial charge on any atom is -0.378 e. The first kappa shape index (κ1) is 18.0. The van der Waals surface area contributed by atoms with Crippen molar-refractivity contribution in [2.24, 2.45) is 0 Å². The molecule has 0 atom stereocenters. The van der Waals surface area contributed by atoms with Crippen LogP contribution < -0.4 is 5.32 Å². The lowest BCUT2D eigenvalue weighted by Gasteiger charge is -2.08. The maximum Gasteiger partial charge on any atom is 0.269 e. The van der Waals surface area contributed by atoms with Crippen LogP contribution in [0.5, 0.6) is 0 Å². The molecule has 0 radical (unpaired) electrons. The summed E-state index contributed by atoms with van der Waals surface area (Å²) in [6.07, 6.45) is 0. The molecule has 0 spiro atoms. The number of anilines is 1. The number of benzene rings is 3. The monoisotopic (exact) mass is 360 g/mol. The van der Waals surface area contributed by atoms with Crippen LogP contribution in [-0.4, -0.2) is 23.0 Å². The standard InChI is InChI=1S/C21H16N2O4/c24-20(15-9-11-19(12-10-15)23(26)27)14-22-18-8-4-7-17(13-18)21(25)16-5-2-1-3-6-16/h1-13,22H,14H2. The molecule has 0 saturated carbocycles. The van der Waals surface area contributed by atoms with E-state index in [-0.39, 0.29) is 23.8 Å².